The first-order valence-electron chi connectivity index (χ1n) is 10.7. The lowest BCUT2D eigenvalue weighted by atomic mass is 9.89. The second-order valence-corrected chi connectivity index (χ2v) is 8.27. The monoisotopic (exact) mass is 501 g/mol. The van der Waals surface area contributed by atoms with Crippen LogP contribution in [0.15, 0.2) is 36.5 Å². The molecule has 1 aromatic carbocycles. The predicted octanol–water partition coefficient (Wildman–Crippen LogP) is 4.31. The molecule has 1 aliphatic rings. The molecule has 35 heavy (non-hydrogen) atoms. The zero-order chi connectivity index (χ0) is 25.4. The minimum absolute atomic E-state index is 0.0108. The molecule has 0 bridgehead atoms. The highest BCUT2D eigenvalue weighted by atomic mass is 19.4. The zero-order valence-corrected chi connectivity index (χ0v) is 18.2. The van der Waals surface area contributed by atoms with Crippen LogP contribution < -0.4 is 10.5 Å². The summed E-state index contributed by atoms with van der Waals surface area (Å²) >= 11 is 0. The van der Waals surface area contributed by atoms with E-state index >= 15 is 0 Å². The first-order valence-corrected chi connectivity index (χ1v) is 10.7. The fraction of sp³-hybridized carbons (Fsp3) is 0.409. The lowest BCUT2D eigenvalue weighted by molar-refractivity contribution is -0.274. The van der Waals surface area contributed by atoms with Gasteiger partial charge in [-0.15, -0.1) is 13.2 Å². The summed E-state index contributed by atoms with van der Waals surface area (Å²) in [5.74, 6) is -0.622. The largest absolute Gasteiger partial charge is 0.573 e. The van der Waals surface area contributed by atoms with Gasteiger partial charge in [-0.3, -0.25) is 4.79 Å². The maximum absolute atomic E-state index is 12.8. The molecule has 7 nitrogen and oxygen atoms in total. The summed E-state index contributed by atoms with van der Waals surface area (Å²) in [7, 11) is 0. The van der Waals surface area contributed by atoms with Gasteiger partial charge in [0.1, 0.15) is 17.6 Å². The minimum atomic E-state index is -4.81. The molecule has 1 amide bonds. The Bertz CT molecular complexity index is 1180. The van der Waals surface area contributed by atoms with Crippen molar-refractivity contribution in [2.75, 3.05) is 13.1 Å². The van der Waals surface area contributed by atoms with Crippen LogP contribution in [0.4, 0.5) is 26.3 Å². The van der Waals surface area contributed by atoms with E-state index in [1.807, 2.05) is 0 Å². The topological polar surface area (TPSA) is 97.1 Å². The number of nitrogens with two attached hydrogens (primary N) is 1. The molecule has 0 radical (unpaired) electrons. The summed E-state index contributed by atoms with van der Waals surface area (Å²) in [6.45, 7) is 0.794. The number of hydrogen-bond acceptors (Lipinski definition) is 5. The molecule has 3 N–H and O–H groups in total. The second kappa shape index (κ2) is 9.36. The highest BCUT2D eigenvalue weighted by Gasteiger charge is 2.37. The number of pyridine rings is 1. The van der Waals surface area contributed by atoms with E-state index in [0.29, 0.717) is 37.1 Å². The number of ether oxygens (including phenoxy) is 1. The molecule has 2 aromatic heterocycles. The lowest BCUT2D eigenvalue weighted by Crippen LogP contribution is -2.39. The van der Waals surface area contributed by atoms with Gasteiger partial charge in [-0.2, -0.15) is 13.2 Å². The van der Waals surface area contributed by atoms with Crippen molar-refractivity contribution in [1.29, 1.82) is 0 Å². The Hall–Kier alpha value is -3.35. The van der Waals surface area contributed by atoms with Crippen LogP contribution in [0, 0.1) is 0 Å². The Labute approximate surface area is 195 Å². The number of carbonyl (C=O) groups excluding carboxylic acids is 1. The number of hydrogen-bond donors (Lipinski definition) is 2. The van der Waals surface area contributed by atoms with Crippen molar-refractivity contribution in [2.45, 2.75) is 43.8 Å². The van der Waals surface area contributed by atoms with Gasteiger partial charge < -0.3 is 20.4 Å². The number of rotatable bonds is 5. The molecular formula is C22H21F6N5O2. The Kier molecular flexibility index (Phi) is 6.62. The highest BCUT2D eigenvalue weighted by Crippen LogP contribution is 2.33. The van der Waals surface area contributed by atoms with Gasteiger partial charge in [-0.25, -0.2) is 9.97 Å². The number of H-pyrrole nitrogens is 1. The molecule has 13 heteroatoms. The Balaban J connectivity index is 1.42. The van der Waals surface area contributed by atoms with E-state index in [2.05, 4.69) is 19.7 Å². The van der Waals surface area contributed by atoms with Crippen LogP contribution in [0.2, 0.25) is 0 Å². The van der Waals surface area contributed by atoms with Crippen molar-refractivity contribution >= 4 is 17.1 Å². The average molecular weight is 501 g/mol. The summed E-state index contributed by atoms with van der Waals surface area (Å²) in [5, 5.41) is 0. The molecule has 0 saturated carbocycles. The number of likely N-dealkylation sites (tertiary alicyclic amines) is 1. The highest BCUT2D eigenvalue weighted by molar-refractivity contribution is 5.94. The second-order valence-electron chi connectivity index (χ2n) is 8.27. The third kappa shape index (κ3) is 5.84. The molecule has 1 aliphatic heterocycles. The fourth-order valence-corrected chi connectivity index (χ4v) is 4.11. The first kappa shape index (κ1) is 24.8. The normalized spacial score (nSPS) is 16.5. The van der Waals surface area contributed by atoms with Gasteiger partial charge in [-0.1, -0.05) is 0 Å². The van der Waals surface area contributed by atoms with Gasteiger partial charge in [0, 0.05) is 31.3 Å². The number of benzene rings is 1. The maximum atomic E-state index is 12.8. The van der Waals surface area contributed by atoms with Crippen molar-refractivity contribution in [3.63, 3.8) is 0 Å². The maximum Gasteiger partial charge on any atom is 0.573 e. The van der Waals surface area contributed by atoms with Crippen LogP contribution in [0.25, 0.3) is 11.2 Å². The van der Waals surface area contributed by atoms with E-state index in [1.54, 1.807) is 11.0 Å². The smallest absolute Gasteiger partial charge is 0.406 e. The van der Waals surface area contributed by atoms with Crippen LogP contribution in [0.1, 0.15) is 40.5 Å². The number of aromatic nitrogens is 3. The van der Waals surface area contributed by atoms with E-state index in [-0.39, 0.29) is 23.2 Å². The van der Waals surface area contributed by atoms with Gasteiger partial charge in [0.2, 0.25) is 0 Å². The van der Waals surface area contributed by atoms with Crippen molar-refractivity contribution < 1.29 is 35.9 Å². The van der Waals surface area contributed by atoms with Gasteiger partial charge >= 0.3 is 12.5 Å². The Morgan fingerprint density at radius 3 is 2.37 bits per heavy atom. The fourth-order valence-electron chi connectivity index (χ4n) is 4.11. The Morgan fingerprint density at radius 2 is 1.77 bits per heavy atom. The minimum Gasteiger partial charge on any atom is -0.406 e. The number of fused-ring (bicyclic) bond motifs is 1. The summed E-state index contributed by atoms with van der Waals surface area (Å²) < 4.78 is 79.2. The molecule has 3 heterocycles. The molecule has 1 fully saturated rings. The first-order chi connectivity index (χ1) is 16.4. The van der Waals surface area contributed by atoms with Gasteiger partial charge in [-0.05, 0) is 54.7 Å². The summed E-state index contributed by atoms with van der Waals surface area (Å²) in [5.41, 5.74) is 7.14. The number of piperidine rings is 1. The molecule has 188 valence electrons. The number of carbonyl (C=O) groups is 1. The van der Waals surface area contributed by atoms with Gasteiger partial charge in [0.15, 0.2) is 5.65 Å². The summed E-state index contributed by atoms with van der Waals surface area (Å²) in [6, 6.07) is 4.45. The zero-order valence-electron chi connectivity index (χ0n) is 18.2. The quantitative estimate of drug-likeness (QED) is 0.508. The van der Waals surface area contributed by atoms with Crippen molar-refractivity contribution in [2.24, 2.45) is 5.73 Å². The third-order valence-corrected chi connectivity index (χ3v) is 5.86. The summed E-state index contributed by atoms with van der Waals surface area (Å²) in [4.78, 5) is 25.6. The Morgan fingerprint density at radius 1 is 1.11 bits per heavy atom. The predicted molar refractivity (Wildman–Crippen MR) is 113 cm³/mol. The number of alkyl halides is 6. The van der Waals surface area contributed by atoms with Crippen molar-refractivity contribution in [3.05, 3.63) is 53.5 Å². The number of halogens is 6. The number of aromatic amines is 1. The SMILES string of the molecule is N[C@@H](Cc1nc2nccc(C3CCN(C(=O)c4ccc(OC(F)(F)F)cc4)CC3)c2[nH]1)C(F)(F)F. The van der Waals surface area contributed by atoms with Crippen molar-refractivity contribution in [1.82, 2.24) is 19.9 Å². The van der Waals surface area contributed by atoms with Crippen molar-refractivity contribution in [3.8, 4) is 5.75 Å². The molecule has 0 unspecified atom stereocenters. The molecule has 4 rings (SSSR count). The van der Waals surface area contributed by atoms with Gasteiger partial charge in [0.25, 0.3) is 5.91 Å². The van der Waals surface area contributed by atoms with E-state index in [4.69, 9.17) is 5.73 Å². The van der Waals surface area contributed by atoms with Crippen LogP contribution >= 0.6 is 0 Å². The van der Waals surface area contributed by atoms with E-state index < -0.39 is 30.8 Å². The van der Waals surface area contributed by atoms with Crippen LogP contribution in [-0.2, 0) is 6.42 Å². The van der Waals surface area contributed by atoms with Gasteiger partial charge in [0.05, 0.1) is 5.52 Å². The number of nitrogens with zero attached hydrogens (tertiary/aromatic N) is 3. The molecule has 0 spiro atoms. The van der Waals surface area contributed by atoms with E-state index in [1.165, 1.54) is 18.3 Å². The van der Waals surface area contributed by atoms with Crippen LogP contribution in [-0.4, -0.2) is 57.4 Å². The third-order valence-electron chi connectivity index (χ3n) is 5.86. The van der Waals surface area contributed by atoms with Crippen LogP contribution in [0.3, 0.4) is 0 Å². The van der Waals surface area contributed by atoms with E-state index in [0.717, 1.165) is 17.7 Å². The standard InChI is InChI=1S/C22H21F6N5O2/c23-21(24,25)16(29)11-17-31-18-15(5-8-30-19(18)32-17)12-6-9-33(10-7-12)20(34)13-1-3-14(4-2-13)35-22(26,27)28/h1-5,8,12,16H,6-7,9-11,29H2,(H,30,31,32)/t16-/m0/s1. The lowest BCUT2D eigenvalue weighted by Gasteiger charge is -2.32. The molecule has 1 atom stereocenters. The average Bonchev–Trinajstić information content (AvgIpc) is 3.20. The molecule has 1 saturated heterocycles. The number of imidazole rings is 1. The number of nitrogens with one attached hydrogen (secondary N) is 1. The van der Waals surface area contributed by atoms with E-state index in [9.17, 15) is 31.1 Å². The molecule has 0 aliphatic carbocycles. The number of amides is 1. The molecular weight excluding hydrogens is 480 g/mol. The van der Waals surface area contributed by atoms with Crippen LogP contribution in [0.5, 0.6) is 5.75 Å². The molecule has 3 aromatic rings. The summed E-state index contributed by atoms with van der Waals surface area (Å²) in [6.07, 6.45) is -7.16.